The molecule has 1 N–H and O–H groups in total. The molecule has 158 valence electrons. The average molecular weight is 416 g/mol. The number of ether oxygens (including phenoxy) is 2. The van der Waals surface area contributed by atoms with Gasteiger partial charge in [-0.05, 0) is 48.4 Å². The monoisotopic (exact) mass is 416 g/mol. The number of methoxy groups -OCH3 is 2. The Morgan fingerprint density at radius 1 is 1.00 bits per heavy atom. The molecule has 0 saturated heterocycles. The topological polar surface area (TPSA) is 43.4 Å². The van der Waals surface area contributed by atoms with Gasteiger partial charge in [0.15, 0.2) is 0 Å². The van der Waals surface area contributed by atoms with Gasteiger partial charge in [-0.3, -0.25) is 4.98 Å². The summed E-state index contributed by atoms with van der Waals surface area (Å²) in [5.74, 6) is 1.36. The van der Waals surface area contributed by atoms with E-state index in [-0.39, 0.29) is 6.04 Å². The molecule has 1 atom stereocenters. The second kappa shape index (κ2) is 9.17. The second-order valence-electron chi connectivity index (χ2n) is 6.84. The van der Waals surface area contributed by atoms with Gasteiger partial charge in [0.25, 0.3) is 0 Å². The molecule has 30 heavy (non-hydrogen) atoms. The zero-order chi connectivity index (χ0) is 21.7. The van der Waals surface area contributed by atoms with Gasteiger partial charge in [0.05, 0.1) is 14.2 Å². The number of nitrogens with zero attached hydrogens (tertiary/aromatic N) is 1. The molecule has 0 saturated carbocycles. The summed E-state index contributed by atoms with van der Waals surface area (Å²) < 4.78 is 49.0. The molecule has 7 heteroatoms. The van der Waals surface area contributed by atoms with Gasteiger partial charge in [-0.2, -0.15) is 13.2 Å². The summed E-state index contributed by atoms with van der Waals surface area (Å²) in [7, 11) is 3.16. The third kappa shape index (κ3) is 5.10. The van der Waals surface area contributed by atoms with Crippen LogP contribution in [0.15, 0.2) is 60.8 Å². The first-order valence-corrected chi connectivity index (χ1v) is 9.39. The van der Waals surface area contributed by atoms with E-state index in [4.69, 9.17) is 9.47 Å². The third-order valence-electron chi connectivity index (χ3n) is 4.83. The molecule has 3 rings (SSSR count). The number of halogens is 3. The van der Waals surface area contributed by atoms with E-state index in [1.165, 1.54) is 19.4 Å². The second-order valence-corrected chi connectivity index (χ2v) is 6.84. The van der Waals surface area contributed by atoms with Crippen molar-refractivity contribution < 1.29 is 22.6 Å². The molecule has 2 aromatic carbocycles. The zero-order valence-corrected chi connectivity index (χ0v) is 17.0. The average Bonchev–Trinajstić information content (AvgIpc) is 2.76. The summed E-state index contributed by atoms with van der Waals surface area (Å²) >= 11 is 0. The highest BCUT2D eigenvalue weighted by Gasteiger charge is 2.32. The first-order valence-electron chi connectivity index (χ1n) is 9.39. The van der Waals surface area contributed by atoms with Crippen molar-refractivity contribution in [2.24, 2.45) is 0 Å². The first kappa shape index (κ1) is 21.6. The number of hydrogen-bond donors (Lipinski definition) is 1. The van der Waals surface area contributed by atoms with Gasteiger partial charge in [0, 0.05) is 29.9 Å². The molecule has 0 aliphatic carbocycles. The number of aromatic nitrogens is 1. The van der Waals surface area contributed by atoms with Crippen LogP contribution in [0, 0.1) is 0 Å². The van der Waals surface area contributed by atoms with Crippen molar-refractivity contribution >= 4 is 0 Å². The van der Waals surface area contributed by atoms with Crippen molar-refractivity contribution in [1.82, 2.24) is 10.3 Å². The molecule has 0 fully saturated rings. The SMILES string of the molecule is COc1cccc(C(C)NCc2ccc(OC)c(-c3ccc(C(F)(F)F)nc3)c2)c1. The number of benzene rings is 2. The van der Waals surface area contributed by atoms with Crippen molar-refractivity contribution in [3.8, 4) is 22.6 Å². The summed E-state index contributed by atoms with van der Waals surface area (Å²) in [6, 6.07) is 15.9. The lowest BCUT2D eigenvalue weighted by molar-refractivity contribution is -0.141. The fourth-order valence-corrected chi connectivity index (χ4v) is 3.11. The molecular formula is C23H23F3N2O2. The Balaban J connectivity index is 1.79. The Morgan fingerprint density at radius 2 is 1.80 bits per heavy atom. The Hall–Kier alpha value is -3.06. The van der Waals surface area contributed by atoms with Crippen LogP contribution < -0.4 is 14.8 Å². The normalized spacial score (nSPS) is 12.5. The van der Waals surface area contributed by atoms with E-state index in [0.29, 0.717) is 23.4 Å². The molecular weight excluding hydrogens is 393 g/mol. The molecule has 0 spiro atoms. The maximum atomic E-state index is 12.8. The lowest BCUT2D eigenvalue weighted by Crippen LogP contribution is -2.18. The fraction of sp³-hybridized carbons (Fsp3) is 0.261. The van der Waals surface area contributed by atoms with Crippen molar-refractivity contribution in [1.29, 1.82) is 0 Å². The molecule has 1 aromatic heterocycles. The van der Waals surface area contributed by atoms with Crippen molar-refractivity contribution in [3.05, 3.63) is 77.6 Å². The largest absolute Gasteiger partial charge is 0.497 e. The van der Waals surface area contributed by atoms with E-state index < -0.39 is 11.9 Å². The summed E-state index contributed by atoms with van der Waals surface area (Å²) in [6.45, 7) is 2.63. The highest BCUT2D eigenvalue weighted by molar-refractivity contribution is 5.70. The predicted molar refractivity (Wildman–Crippen MR) is 109 cm³/mol. The molecule has 0 aliphatic heterocycles. The lowest BCUT2D eigenvalue weighted by Gasteiger charge is -2.16. The van der Waals surface area contributed by atoms with Gasteiger partial charge < -0.3 is 14.8 Å². The van der Waals surface area contributed by atoms with Crippen LogP contribution in [0.4, 0.5) is 13.2 Å². The highest BCUT2D eigenvalue weighted by Crippen LogP contribution is 2.33. The molecule has 3 aromatic rings. The highest BCUT2D eigenvalue weighted by atomic mass is 19.4. The number of hydrogen-bond acceptors (Lipinski definition) is 4. The molecule has 1 heterocycles. The van der Waals surface area contributed by atoms with Gasteiger partial charge in [-0.1, -0.05) is 24.3 Å². The van der Waals surface area contributed by atoms with Crippen LogP contribution in [-0.4, -0.2) is 19.2 Å². The van der Waals surface area contributed by atoms with Crippen LogP contribution in [0.1, 0.15) is 29.8 Å². The third-order valence-corrected chi connectivity index (χ3v) is 4.83. The quantitative estimate of drug-likeness (QED) is 0.542. The van der Waals surface area contributed by atoms with Gasteiger partial charge in [-0.15, -0.1) is 0 Å². The minimum Gasteiger partial charge on any atom is -0.497 e. The van der Waals surface area contributed by atoms with Crippen LogP contribution in [-0.2, 0) is 12.7 Å². The maximum absolute atomic E-state index is 12.8. The van der Waals surface area contributed by atoms with Crippen molar-refractivity contribution in [2.75, 3.05) is 14.2 Å². The van der Waals surface area contributed by atoms with Crippen LogP contribution in [0.3, 0.4) is 0 Å². The van der Waals surface area contributed by atoms with Crippen molar-refractivity contribution in [2.45, 2.75) is 25.7 Å². The standard InChI is InChI=1S/C23H23F3N2O2/c1-15(17-5-4-6-19(12-17)29-2)27-13-16-7-9-21(30-3)20(11-16)18-8-10-22(28-14-18)23(24,25)26/h4-12,14-15,27H,13H2,1-3H3. The minimum absolute atomic E-state index is 0.0818. The zero-order valence-electron chi connectivity index (χ0n) is 17.0. The fourth-order valence-electron chi connectivity index (χ4n) is 3.11. The Bertz CT molecular complexity index is 988. The van der Waals surface area contributed by atoms with E-state index >= 15 is 0 Å². The Kier molecular flexibility index (Phi) is 6.62. The van der Waals surface area contributed by atoms with Gasteiger partial charge in [0.2, 0.25) is 0 Å². The molecule has 0 radical (unpaired) electrons. The predicted octanol–water partition coefficient (Wildman–Crippen LogP) is 5.64. The number of alkyl halides is 3. The van der Waals surface area contributed by atoms with Crippen molar-refractivity contribution in [3.63, 3.8) is 0 Å². The molecule has 1 unspecified atom stereocenters. The van der Waals surface area contributed by atoms with Crippen LogP contribution in [0.5, 0.6) is 11.5 Å². The van der Waals surface area contributed by atoms with Crippen LogP contribution >= 0.6 is 0 Å². The molecule has 0 amide bonds. The smallest absolute Gasteiger partial charge is 0.433 e. The summed E-state index contributed by atoms with van der Waals surface area (Å²) in [6.07, 6.45) is -3.25. The Labute approximate surface area is 173 Å². The van der Waals surface area contributed by atoms with Crippen LogP contribution in [0.2, 0.25) is 0 Å². The van der Waals surface area contributed by atoms with E-state index in [9.17, 15) is 13.2 Å². The summed E-state index contributed by atoms with van der Waals surface area (Å²) in [5.41, 5.74) is 2.39. The van der Waals surface area contributed by atoms with Gasteiger partial charge >= 0.3 is 6.18 Å². The van der Waals surface area contributed by atoms with E-state index in [1.807, 2.05) is 36.4 Å². The maximum Gasteiger partial charge on any atom is 0.433 e. The minimum atomic E-state index is -4.47. The Morgan fingerprint density at radius 3 is 2.43 bits per heavy atom. The molecule has 4 nitrogen and oxygen atoms in total. The first-order chi connectivity index (χ1) is 14.3. The number of nitrogens with one attached hydrogen (secondary N) is 1. The number of pyridine rings is 1. The molecule has 0 aliphatic rings. The lowest BCUT2D eigenvalue weighted by atomic mass is 10.0. The molecule has 0 bridgehead atoms. The van der Waals surface area contributed by atoms with Crippen LogP contribution in [0.25, 0.3) is 11.1 Å². The summed E-state index contributed by atoms with van der Waals surface area (Å²) in [4.78, 5) is 3.55. The summed E-state index contributed by atoms with van der Waals surface area (Å²) in [5, 5.41) is 3.45. The van der Waals surface area contributed by atoms with E-state index in [1.54, 1.807) is 13.2 Å². The van der Waals surface area contributed by atoms with Gasteiger partial charge in [-0.25, -0.2) is 0 Å². The van der Waals surface area contributed by atoms with E-state index in [2.05, 4.69) is 17.2 Å². The number of rotatable bonds is 7. The van der Waals surface area contributed by atoms with Gasteiger partial charge in [0.1, 0.15) is 17.2 Å². The van der Waals surface area contributed by atoms with E-state index in [0.717, 1.165) is 22.9 Å².